The van der Waals surface area contributed by atoms with Crippen molar-refractivity contribution in [2.75, 3.05) is 0 Å². The summed E-state index contributed by atoms with van der Waals surface area (Å²) in [6.07, 6.45) is 0.710. The van der Waals surface area contributed by atoms with Gasteiger partial charge in [-0.1, -0.05) is 29.8 Å². The topological polar surface area (TPSA) is 108 Å². The number of benzene rings is 2. The van der Waals surface area contributed by atoms with Crippen molar-refractivity contribution >= 4 is 50.1 Å². The van der Waals surface area contributed by atoms with Crippen LogP contribution in [0.1, 0.15) is 28.3 Å². The maximum Gasteiger partial charge on any atom is 0.534 e. The smallest absolute Gasteiger partial charge is 0.484 e. The van der Waals surface area contributed by atoms with E-state index in [0.29, 0.717) is 21.1 Å². The lowest BCUT2D eigenvalue weighted by atomic mass is 10.1. The zero-order chi connectivity index (χ0) is 25.5. The van der Waals surface area contributed by atoms with Crippen LogP contribution in [0.2, 0.25) is 5.02 Å². The van der Waals surface area contributed by atoms with E-state index in [1.807, 2.05) is 0 Å². The summed E-state index contributed by atoms with van der Waals surface area (Å²) in [6, 6.07) is 11.7. The van der Waals surface area contributed by atoms with E-state index < -0.39 is 33.4 Å². The van der Waals surface area contributed by atoms with E-state index in [1.54, 1.807) is 31.2 Å². The number of rotatable bonds is 7. The van der Waals surface area contributed by atoms with Crippen molar-refractivity contribution in [2.45, 2.75) is 18.5 Å². The van der Waals surface area contributed by atoms with Gasteiger partial charge < -0.3 is 14.0 Å². The third kappa shape index (κ3) is 4.92. The molecule has 35 heavy (non-hydrogen) atoms. The molecule has 0 aliphatic heterocycles. The number of carboxylic acid groups (broad SMARTS) is 1. The second-order valence-electron chi connectivity index (χ2n) is 7.11. The summed E-state index contributed by atoms with van der Waals surface area (Å²) < 4.78 is 72.2. The summed E-state index contributed by atoms with van der Waals surface area (Å²) >= 11 is 7.03. The van der Waals surface area contributed by atoms with Gasteiger partial charge in [-0.15, -0.1) is 11.3 Å². The van der Waals surface area contributed by atoms with Crippen LogP contribution in [0.5, 0.6) is 11.5 Å². The molecule has 0 radical (unpaired) electrons. The van der Waals surface area contributed by atoms with E-state index in [0.717, 1.165) is 23.5 Å². The number of alkyl halides is 3. The summed E-state index contributed by atoms with van der Waals surface area (Å²) in [4.78, 5) is 15.8. The van der Waals surface area contributed by atoms with E-state index >= 15 is 0 Å². The largest absolute Gasteiger partial charge is 0.534 e. The van der Waals surface area contributed by atoms with Crippen molar-refractivity contribution in [3.8, 4) is 16.5 Å². The van der Waals surface area contributed by atoms with Gasteiger partial charge >= 0.3 is 21.6 Å². The van der Waals surface area contributed by atoms with Gasteiger partial charge in [0.1, 0.15) is 28.9 Å². The predicted octanol–water partition coefficient (Wildman–Crippen LogP) is 5.81. The van der Waals surface area contributed by atoms with E-state index in [1.165, 1.54) is 23.0 Å². The number of nitrogens with zero attached hydrogens (tertiary/aromatic N) is 2. The second kappa shape index (κ2) is 9.06. The predicted molar refractivity (Wildman–Crippen MR) is 122 cm³/mol. The summed E-state index contributed by atoms with van der Waals surface area (Å²) in [5, 5.41) is 10.4. The van der Waals surface area contributed by atoms with Crippen molar-refractivity contribution in [1.82, 2.24) is 9.55 Å². The molecule has 4 aromatic rings. The van der Waals surface area contributed by atoms with Crippen LogP contribution in [-0.2, 0) is 10.1 Å². The van der Waals surface area contributed by atoms with Crippen molar-refractivity contribution in [2.24, 2.45) is 0 Å². The average molecular weight is 547 g/mol. The quantitative estimate of drug-likeness (QED) is 0.230. The highest BCUT2D eigenvalue weighted by Crippen LogP contribution is 2.38. The van der Waals surface area contributed by atoms with Crippen molar-refractivity contribution < 1.29 is 40.4 Å². The molecule has 2 heterocycles. The standard InChI is InChI=1S/C21H14ClF3N2O6S2/c1-11(13-4-2-3-5-14(13)22)32-17-9-18(34-19(17)20(28)29)27-10-26-15-7-6-12(8-16(15)27)33-35(30,31)21(23,24)25/h2-11H,1H3,(H,28,29)/t11-/m1/s1. The molecule has 4 rings (SSSR count). The number of hydrogen-bond donors (Lipinski definition) is 1. The first kappa shape index (κ1) is 24.8. The molecule has 0 saturated heterocycles. The van der Waals surface area contributed by atoms with Gasteiger partial charge in [0.2, 0.25) is 0 Å². The minimum Gasteiger partial charge on any atom is -0.484 e. The third-order valence-electron chi connectivity index (χ3n) is 4.77. The number of fused-ring (bicyclic) bond motifs is 1. The molecule has 0 spiro atoms. The third-order valence-corrected chi connectivity index (χ3v) is 7.20. The van der Waals surface area contributed by atoms with Gasteiger partial charge in [0.05, 0.1) is 11.0 Å². The monoisotopic (exact) mass is 546 g/mol. The summed E-state index contributed by atoms with van der Waals surface area (Å²) in [6.45, 7) is 1.70. The fraction of sp³-hybridized carbons (Fsp3) is 0.143. The Morgan fingerprint density at radius 2 is 1.91 bits per heavy atom. The molecule has 0 aliphatic carbocycles. The van der Waals surface area contributed by atoms with Gasteiger partial charge in [0.15, 0.2) is 4.88 Å². The van der Waals surface area contributed by atoms with Gasteiger partial charge in [-0.05, 0) is 25.1 Å². The van der Waals surface area contributed by atoms with Gasteiger partial charge in [-0.3, -0.25) is 4.57 Å². The lowest BCUT2D eigenvalue weighted by Crippen LogP contribution is -2.28. The fourth-order valence-electron chi connectivity index (χ4n) is 3.16. The lowest BCUT2D eigenvalue weighted by molar-refractivity contribution is -0.0500. The van der Waals surface area contributed by atoms with Crippen LogP contribution < -0.4 is 8.92 Å². The Kier molecular flexibility index (Phi) is 6.42. The number of thiophene rings is 1. The SMILES string of the molecule is C[C@@H](Oc1cc(-n2cnc3ccc(OS(=O)(=O)C(F)(F)F)cc32)sc1C(=O)O)c1ccccc1Cl. The Morgan fingerprint density at radius 1 is 1.20 bits per heavy atom. The molecule has 14 heteroatoms. The van der Waals surface area contributed by atoms with Gasteiger partial charge in [0.25, 0.3) is 0 Å². The number of hydrogen-bond acceptors (Lipinski definition) is 7. The molecule has 8 nitrogen and oxygen atoms in total. The van der Waals surface area contributed by atoms with Crippen LogP contribution in [0.3, 0.4) is 0 Å². The van der Waals surface area contributed by atoms with Crippen LogP contribution in [0.15, 0.2) is 54.9 Å². The van der Waals surface area contributed by atoms with Crippen molar-refractivity contribution in [3.05, 3.63) is 70.3 Å². The van der Waals surface area contributed by atoms with Crippen LogP contribution in [0.4, 0.5) is 13.2 Å². The number of carboxylic acids is 1. The van der Waals surface area contributed by atoms with E-state index in [4.69, 9.17) is 16.3 Å². The van der Waals surface area contributed by atoms with Crippen LogP contribution >= 0.6 is 22.9 Å². The molecule has 0 saturated carbocycles. The molecule has 2 aromatic carbocycles. The molecule has 0 fully saturated rings. The summed E-state index contributed by atoms with van der Waals surface area (Å²) in [5.74, 6) is -1.80. The van der Waals surface area contributed by atoms with E-state index in [-0.39, 0.29) is 16.1 Å². The maximum atomic E-state index is 12.7. The highest BCUT2D eigenvalue weighted by atomic mass is 35.5. The van der Waals surface area contributed by atoms with Crippen molar-refractivity contribution in [1.29, 1.82) is 0 Å². The van der Waals surface area contributed by atoms with Gasteiger partial charge in [-0.2, -0.15) is 21.6 Å². The highest BCUT2D eigenvalue weighted by Gasteiger charge is 2.48. The molecule has 1 N–H and O–H groups in total. The van der Waals surface area contributed by atoms with Gasteiger partial charge in [0, 0.05) is 22.7 Å². The molecule has 184 valence electrons. The van der Waals surface area contributed by atoms with E-state index in [2.05, 4.69) is 9.17 Å². The minimum absolute atomic E-state index is 0.0406. The summed E-state index contributed by atoms with van der Waals surface area (Å²) in [5.41, 5.74) is -4.47. The van der Waals surface area contributed by atoms with Crippen LogP contribution in [0, 0.1) is 0 Å². The number of halogens is 4. The molecular weight excluding hydrogens is 533 g/mol. The average Bonchev–Trinajstić information content (AvgIpc) is 3.36. The highest BCUT2D eigenvalue weighted by molar-refractivity contribution is 7.88. The zero-order valence-electron chi connectivity index (χ0n) is 17.5. The van der Waals surface area contributed by atoms with Crippen LogP contribution in [0.25, 0.3) is 16.0 Å². The first-order valence-electron chi connectivity index (χ1n) is 9.64. The zero-order valence-corrected chi connectivity index (χ0v) is 19.9. The van der Waals surface area contributed by atoms with E-state index in [9.17, 15) is 31.5 Å². The lowest BCUT2D eigenvalue weighted by Gasteiger charge is -2.15. The first-order valence-corrected chi connectivity index (χ1v) is 12.2. The Morgan fingerprint density at radius 3 is 2.57 bits per heavy atom. The molecule has 2 aromatic heterocycles. The number of aromatic nitrogens is 2. The van der Waals surface area contributed by atoms with Crippen LogP contribution in [-0.4, -0.2) is 34.6 Å². The Hall–Kier alpha value is -3.29. The van der Waals surface area contributed by atoms with Crippen molar-refractivity contribution in [3.63, 3.8) is 0 Å². The molecule has 0 bridgehead atoms. The molecule has 0 unspecified atom stereocenters. The molecular formula is C21H14ClF3N2O6S2. The minimum atomic E-state index is -5.87. The number of carbonyl (C=O) groups is 1. The fourth-order valence-corrected chi connectivity index (χ4v) is 4.82. The molecule has 0 aliphatic rings. The number of ether oxygens (including phenoxy) is 1. The molecule has 1 atom stereocenters. The first-order chi connectivity index (χ1) is 16.4. The second-order valence-corrected chi connectivity index (χ2v) is 10.1. The Balaban J connectivity index is 1.72. The molecule has 0 amide bonds. The Bertz CT molecular complexity index is 1530. The number of imidazole rings is 1. The number of aromatic carboxylic acids is 1. The maximum absolute atomic E-state index is 12.7. The normalized spacial score (nSPS) is 13.1. The Labute approximate surface area is 205 Å². The van der Waals surface area contributed by atoms with Gasteiger partial charge in [-0.25, -0.2) is 9.78 Å². The summed E-state index contributed by atoms with van der Waals surface area (Å²) in [7, 11) is -5.87.